The summed E-state index contributed by atoms with van der Waals surface area (Å²) in [5, 5.41) is 9.90. The van der Waals surface area contributed by atoms with Gasteiger partial charge in [0.2, 0.25) is 5.88 Å². The number of aliphatic hydroxyl groups is 1. The first-order chi connectivity index (χ1) is 17.4. The zero-order valence-electron chi connectivity index (χ0n) is 21.3. The van der Waals surface area contributed by atoms with E-state index in [9.17, 15) is 9.90 Å². The molecule has 36 heavy (non-hydrogen) atoms. The monoisotopic (exact) mass is 490 g/mol. The maximum Gasteiger partial charge on any atom is 0.259 e. The van der Waals surface area contributed by atoms with E-state index in [1.54, 1.807) is 30.6 Å². The van der Waals surface area contributed by atoms with Gasteiger partial charge in [-0.25, -0.2) is 4.98 Å². The third-order valence-electron chi connectivity index (χ3n) is 6.62. The lowest BCUT2D eigenvalue weighted by molar-refractivity contribution is 0.0325. The molecule has 0 unspecified atom stereocenters. The number of nitrogens with zero attached hydrogens (tertiary/aromatic N) is 4. The van der Waals surface area contributed by atoms with Gasteiger partial charge in [-0.15, -0.1) is 0 Å². The van der Waals surface area contributed by atoms with Gasteiger partial charge in [0.15, 0.2) is 0 Å². The Balaban J connectivity index is 1.66. The van der Waals surface area contributed by atoms with Crippen LogP contribution in [0.2, 0.25) is 0 Å². The molecule has 0 aliphatic carbocycles. The van der Waals surface area contributed by atoms with E-state index in [2.05, 4.69) is 28.8 Å². The van der Waals surface area contributed by atoms with Crippen molar-refractivity contribution in [1.29, 1.82) is 0 Å². The van der Waals surface area contributed by atoms with Crippen molar-refractivity contribution in [3.05, 3.63) is 72.2 Å². The lowest BCUT2D eigenvalue weighted by Gasteiger charge is -2.37. The number of carbonyl (C=O) groups is 1. The summed E-state index contributed by atoms with van der Waals surface area (Å²) in [5.74, 6) is 0.870. The molecule has 1 aliphatic heterocycles. The van der Waals surface area contributed by atoms with Crippen LogP contribution in [-0.2, 0) is 6.54 Å². The van der Waals surface area contributed by atoms with Crippen molar-refractivity contribution in [2.24, 2.45) is 5.92 Å². The molecule has 3 aromatic rings. The van der Waals surface area contributed by atoms with Crippen LogP contribution in [0.15, 0.2) is 61.1 Å². The Bertz CT molecular complexity index is 1170. The van der Waals surface area contributed by atoms with Gasteiger partial charge in [0.25, 0.3) is 5.91 Å². The quantitative estimate of drug-likeness (QED) is 0.517. The Labute approximate surface area is 212 Å². The highest BCUT2D eigenvalue weighted by Crippen LogP contribution is 2.31. The van der Waals surface area contributed by atoms with Gasteiger partial charge in [0, 0.05) is 49.7 Å². The van der Waals surface area contributed by atoms with Gasteiger partial charge in [-0.1, -0.05) is 19.1 Å². The molecule has 3 heterocycles. The number of ether oxygens (including phenoxy) is 2. The van der Waals surface area contributed by atoms with Crippen molar-refractivity contribution < 1.29 is 19.4 Å². The highest BCUT2D eigenvalue weighted by Gasteiger charge is 2.34. The predicted molar refractivity (Wildman–Crippen MR) is 138 cm³/mol. The van der Waals surface area contributed by atoms with Crippen LogP contribution < -0.4 is 9.47 Å². The highest BCUT2D eigenvalue weighted by atomic mass is 16.5. The number of rotatable bonds is 8. The average molecular weight is 491 g/mol. The first-order valence-electron chi connectivity index (χ1n) is 12.2. The minimum atomic E-state index is -0.332. The zero-order chi connectivity index (χ0) is 25.7. The number of amides is 1. The number of hydrogen-bond acceptors (Lipinski definition) is 7. The van der Waals surface area contributed by atoms with E-state index in [0.29, 0.717) is 24.5 Å². The summed E-state index contributed by atoms with van der Waals surface area (Å²) >= 11 is 0. The van der Waals surface area contributed by atoms with Crippen LogP contribution in [-0.4, -0.2) is 76.8 Å². The maximum atomic E-state index is 13.7. The van der Waals surface area contributed by atoms with E-state index in [0.717, 1.165) is 29.0 Å². The number of likely N-dealkylation sites (N-methyl/N-ethyl adjacent to an activating group) is 1. The second-order valence-electron chi connectivity index (χ2n) is 9.48. The van der Waals surface area contributed by atoms with Crippen LogP contribution in [0, 0.1) is 5.92 Å². The molecular weight excluding hydrogens is 456 g/mol. The van der Waals surface area contributed by atoms with E-state index in [1.165, 1.54) is 0 Å². The number of aliphatic hydroxyl groups excluding tert-OH is 1. The van der Waals surface area contributed by atoms with Crippen LogP contribution >= 0.6 is 0 Å². The van der Waals surface area contributed by atoms with Gasteiger partial charge in [-0.05, 0) is 55.4 Å². The molecule has 0 radical (unpaired) electrons. The van der Waals surface area contributed by atoms with Gasteiger partial charge in [0.1, 0.15) is 17.4 Å². The molecule has 1 aromatic carbocycles. The van der Waals surface area contributed by atoms with Crippen molar-refractivity contribution in [2.75, 3.05) is 33.9 Å². The fourth-order valence-electron chi connectivity index (χ4n) is 4.45. The van der Waals surface area contributed by atoms with Gasteiger partial charge in [-0.2, -0.15) is 0 Å². The number of fused-ring (bicyclic) bond motifs is 1. The molecule has 190 valence electrons. The molecule has 0 spiro atoms. The molecule has 8 heteroatoms. The average Bonchev–Trinajstić information content (AvgIpc) is 2.90. The number of carbonyl (C=O) groups excluding carboxylic acids is 1. The Morgan fingerprint density at radius 1 is 1.22 bits per heavy atom. The molecule has 0 saturated heterocycles. The first kappa shape index (κ1) is 25.6. The van der Waals surface area contributed by atoms with Crippen molar-refractivity contribution in [2.45, 2.75) is 32.5 Å². The topological polar surface area (TPSA) is 88.0 Å². The number of methoxy groups -OCH3 is 1. The van der Waals surface area contributed by atoms with Gasteiger partial charge >= 0.3 is 0 Å². The maximum absolute atomic E-state index is 13.7. The van der Waals surface area contributed by atoms with Gasteiger partial charge in [0.05, 0.1) is 19.8 Å². The Hall–Kier alpha value is -3.49. The second kappa shape index (κ2) is 11.5. The van der Waals surface area contributed by atoms with E-state index in [4.69, 9.17) is 9.47 Å². The van der Waals surface area contributed by atoms with E-state index in [1.807, 2.05) is 49.4 Å². The minimum Gasteiger partial charge on any atom is -0.497 e. The molecule has 3 atom stereocenters. The molecule has 2 aromatic heterocycles. The number of benzene rings is 1. The lowest BCUT2D eigenvalue weighted by atomic mass is 9.99. The Kier molecular flexibility index (Phi) is 8.18. The number of hydrogen-bond donors (Lipinski definition) is 1. The molecule has 0 fully saturated rings. The highest BCUT2D eigenvalue weighted by molar-refractivity contribution is 5.98. The van der Waals surface area contributed by atoms with E-state index in [-0.39, 0.29) is 30.6 Å². The van der Waals surface area contributed by atoms with E-state index < -0.39 is 0 Å². The summed E-state index contributed by atoms with van der Waals surface area (Å²) in [6.45, 7) is 5.68. The van der Waals surface area contributed by atoms with Crippen LogP contribution in [0.5, 0.6) is 11.6 Å². The SMILES string of the molecule is COc1cccc(-c2cnc3c(c2)C(=O)N([C@@H](C)CO)C[C@H](C)[C@H](CN(C)Cc2ccncc2)O3)c1. The molecule has 4 rings (SSSR count). The van der Waals surface area contributed by atoms with Crippen molar-refractivity contribution in [3.63, 3.8) is 0 Å². The van der Waals surface area contributed by atoms with Gasteiger partial charge < -0.3 is 19.5 Å². The molecule has 1 amide bonds. The second-order valence-corrected chi connectivity index (χ2v) is 9.48. The number of pyridine rings is 2. The summed E-state index contributed by atoms with van der Waals surface area (Å²) in [5.41, 5.74) is 3.24. The third kappa shape index (κ3) is 5.83. The van der Waals surface area contributed by atoms with Crippen LogP contribution in [0.25, 0.3) is 11.1 Å². The fourth-order valence-corrected chi connectivity index (χ4v) is 4.45. The van der Waals surface area contributed by atoms with Crippen LogP contribution in [0.4, 0.5) is 0 Å². The molecule has 0 bridgehead atoms. The standard InChI is InChI=1S/C28H34N4O4/c1-19-15-32(20(2)18-33)28(34)25-13-23(22-6-5-7-24(12-22)35-4)14-30-27(25)36-26(19)17-31(3)16-21-8-10-29-11-9-21/h5-14,19-20,26,33H,15-18H2,1-4H3/t19-,20-,26-/m0/s1. The molecular formula is C28H34N4O4. The fraction of sp³-hybridized carbons (Fsp3) is 0.393. The minimum absolute atomic E-state index is 0.0239. The first-order valence-corrected chi connectivity index (χ1v) is 12.2. The normalized spacial score (nSPS) is 18.7. The van der Waals surface area contributed by atoms with Crippen molar-refractivity contribution >= 4 is 5.91 Å². The largest absolute Gasteiger partial charge is 0.497 e. The Morgan fingerprint density at radius 3 is 2.72 bits per heavy atom. The summed E-state index contributed by atoms with van der Waals surface area (Å²) in [4.78, 5) is 26.3. The summed E-state index contributed by atoms with van der Waals surface area (Å²) in [7, 11) is 3.67. The molecule has 1 aliphatic rings. The van der Waals surface area contributed by atoms with Crippen LogP contribution in [0.1, 0.15) is 29.8 Å². The summed E-state index contributed by atoms with van der Waals surface area (Å²) in [6.07, 6.45) is 5.10. The smallest absolute Gasteiger partial charge is 0.259 e. The van der Waals surface area contributed by atoms with Crippen molar-refractivity contribution in [1.82, 2.24) is 19.8 Å². The molecule has 8 nitrogen and oxygen atoms in total. The molecule has 0 saturated carbocycles. The van der Waals surface area contributed by atoms with Crippen LogP contribution in [0.3, 0.4) is 0 Å². The zero-order valence-corrected chi connectivity index (χ0v) is 21.3. The predicted octanol–water partition coefficient (Wildman–Crippen LogP) is 3.50. The third-order valence-corrected chi connectivity index (χ3v) is 6.62. The lowest BCUT2D eigenvalue weighted by Crippen LogP contribution is -2.49. The van der Waals surface area contributed by atoms with Crippen molar-refractivity contribution in [3.8, 4) is 22.8 Å². The summed E-state index contributed by atoms with van der Waals surface area (Å²) in [6, 6.07) is 13.1. The number of aromatic nitrogens is 2. The summed E-state index contributed by atoms with van der Waals surface area (Å²) < 4.78 is 11.8. The molecule has 1 N–H and O–H groups in total. The Morgan fingerprint density at radius 2 is 2.00 bits per heavy atom. The van der Waals surface area contributed by atoms with E-state index >= 15 is 0 Å². The van der Waals surface area contributed by atoms with Gasteiger partial charge in [-0.3, -0.25) is 14.7 Å².